The van der Waals surface area contributed by atoms with Crippen LogP contribution in [0.5, 0.6) is 0 Å². The Hall–Kier alpha value is -3.02. The number of amidine groups is 1. The van der Waals surface area contributed by atoms with Crippen LogP contribution in [0.2, 0.25) is 0 Å². The van der Waals surface area contributed by atoms with E-state index in [1.165, 1.54) is 12.1 Å². The Balaban J connectivity index is 1.86. The third kappa shape index (κ3) is 2.51. The SMILES string of the molecule is O=C(NC1=NCc2ccc([N+](=O)[O-])cc21)c1ccccc1. The molecule has 1 heterocycles. The molecule has 0 aromatic heterocycles. The molecule has 1 aliphatic heterocycles. The fourth-order valence-electron chi connectivity index (χ4n) is 2.16. The number of nitrogens with one attached hydrogen (secondary N) is 1. The summed E-state index contributed by atoms with van der Waals surface area (Å²) in [4.78, 5) is 26.7. The Labute approximate surface area is 120 Å². The average Bonchev–Trinajstić information content (AvgIpc) is 2.90. The molecule has 6 nitrogen and oxygen atoms in total. The van der Waals surface area contributed by atoms with Gasteiger partial charge < -0.3 is 5.32 Å². The van der Waals surface area contributed by atoms with Gasteiger partial charge in [0, 0.05) is 23.3 Å². The predicted octanol–water partition coefficient (Wildman–Crippen LogP) is 2.29. The summed E-state index contributed by atoms with van der Waals surface area (Å²) in [7, 11) is 0. The van der Waals surface area contributed by atoms with Gasteiger partial charge in [0.05, 0.1) is 11.5 Å². The van der Waals surface area contributed by atoms with Crippen molar-refractivity contribution in [3.63, 3.8) is 0 Å². The number of hydrogen-bond donors (Lipinski definition) is 1. The van der Waals surface area contributed by atoms with Gasteiger partial charge in [-0.05, 0) is 23.8 Å². The zero-order chi connectivity index (χ0) is 14.8. The Kier molecular flexibility index (Phi) is 3.19. The van der Waals surface area contributed by atoms with Crippen molar-refractivity contribution in [2.75, 3.05) is 0 Å². The van der Waals surface area contributed by atoms with Gasteiger partial charge in [-0.3, -0.25) is 19.9 Å². The minimum atomic E-state index is -0.463. The van der Waals surface area contributed by atoms with E-state index >= 15 is 0 Å². The number of fused-ring (bicyclic) bond motifs is 1. The van der Waals surface area contributed by atoms with E-state index in [2.05, 4.69) is 10.3 Å². The van der Waals surface area contributed by atoms with E-state index < -0.39 is 4.92 Å². The molecule has 0 atom stereocenters. The summed E-state index contributed by atoms with van der Waals surface area (Å²) in [5.74, 6) is 0.0938. The molecule has 6 heteroatoms. The van der Waals surface area contributed by atoms with Gasteiger partial charge in [0.1, 0.15) is 5.84 Å². The fourth-order valence-corrected chi connectivity index (χ4v) is 2.16. The highest BCUT2D eigenvalue weighted by atomic mass is 16.6. The Bertz CT molecular complexity index is 754. The van der Waals surface area contributed by atoms with Gasteiger partial charge in [-0.25, -0.2) is 0 Å². The van der Waals surface area contributed by atoms with Gasteiger partial charge in [0.25, 0.3) is 11.6 Å². The Morgan fingerprint density at radius 3 is 2.67 bits per heavy atom. The van der Waals surface area contributed by atoms with Gasteiger partial charge in [0.15, 0.2) is 0 Å². The number of hydrogen-bond acceptors (Lipinski definition) is 4. The standard InChI is InChI=1S/C15H11N3O3/c19-15(10-4-2-1-3-5-10)17-14-13-8-12(18(20)21)7-6-11(13)9-16-14/h1-8H,9H2,(H,16,17,19). The molecule has 1 amide bonds. The number of aliphatic imine (C=N–C) groups is 1. The summed E-state index contributed by atoms with van der Waals surface area (Å²) in [6.45, 7) is 0.414. The van der Waals surface area contributed by atoms with Crippen LogP contribution in [0.25, 0.3) is 0 Å². The minimum absolute atomic E-state index is 0.0164. The first-order valence-electron chi connectivity index (χ1n) is 6.33. The number of amides is 1. The van der Waals surface area contributed by atoms with Gasteiger partial charge >= 0.3 is 0 Å². The van der Waals surface area contributed by atoms with Gasteiger partial charge in [-0.2, -0.15) is 0 Å². The monoisotopic (exact) mass is 281 g/mol. The second-order valence-corrected chi connectivity index (χ2v) is 4.58. The number of benzene rings is 2. The lowest BCUT2D eigenvalue weighted by Crippen LogP contribution is -2.30. The van der Waals surface area contributed by atoms with E-state index in [0.717, 1.165) is 5.56 Å². The zero-order valence-corrected chi connectivity index (χ0v) is 10.9. The maximum atomic E-state index is 12.1. The number of nitrogens with zero attached hydrogens (tertiary/aromatic N) is 2. The number of non-ortho nitro benzene ring substituents is 1. The van der Waals surface area contributed by atoms with Gasteiger partial charge in [0.2, 0.25) is 0 Å². The zero-order valence-electron chi connectivity index (χ0n) is 10.9. The lowest BCUT2D eigenvalue weighted by Gasteiger charge is -2.06. The van der Waals surface area contributed by atoms with Crippen LogP contribution < -0.4 is 5.32 Å². The maximum Gasteiger partial charge on any atom is 0.270 e. The Morgan fingerprint density at radius 2 is 1.95 bits per heavy atom. The number of carbonyl (C=O) groups is 1. The average molecular weight is 281 g/mol. The summed E-state index contributed by atoms with van der Waals surface area (Å²) in [6.07, 6.45) is 0. The molecule has 0 unspecified atom stereocenters. The second-order valence-electron chi connectivity index (χ2n) is 4.58. The van der Waals surface area contributed by atoms with Crippen LogP contribution in [0, 0.1) is 10.1 Å². The van der Waals surface area contributed by atoms with Crippen molar-refractivity contribution in [3.8, 4) is 0 Å². The molecule has 3 rings (SSSR count). The van der Waals surface area contributed by atoms with Crippen LogP contribution in [0.3, 0.4) is 0 Å². The van der Waals surface area contributed by atoms with Crippen molar-refractivity contribution in [2.45, 2.75) is 6.54 Å². The third-order valence-corrected chi connectivity index (χ3v) is 3.23. The number of nitro benzene ring substituents is 1. The van der Waals surface area contributed by atoms with E-state index in [0.29, 0.717) is 23.5 Å². The van der Waals surface area contributed by atoms with Crippen molar-refractivity contribution in [2.24, 2.45) is 4.99 Å². The number of nitro groups is 1. The van der Waals surface area contributed by atoms with Crippen LogP contribution in [0.1, 0.15) is 21.5 Å². The molecule has 21 heavy (non-hydrogen) atoms. The highest BCUT2D eigenvalue weighted by Gasteiger charge is 2.21. The molecular weight excluding hydrogens is 270 g/mol. The van der Waals surface area contributed by atoms with E-state index in [9.17, 15) is 14.9 Å². The van der Waals surface area contributed by atoms with Crippen LogP contribution in [0.15, 0.2) is 53.5 Å². The number of rotatable bonds is 2. The molecule has 104 valence electrons. The molecule has 0 saturated heterocycles. The smallest absolute Gasteiger partial charge is 0.270 e. The molecule has 0 radical (unpaired) electrons. The minimum Gasteiger partial charge on any atom is -0.306 e. The summed E-state index contributed by atoms with van der Waals surface area (Å²) in [5, 5.41) is 13.5. The topological polar surface area (TPSA) is 84.6 Å². The van der Waals surface area contributed by atoms with Crippen molar-refractivity contribution < 1.29 is 9.72 Å². The molecule has 0 spiro atoms. The van der Waals surface area contributed by atoms with Crippen LogP contribution >= 0.6 is 0 Å². The molecule has 0 bridgehead atoms. The second kappa shape index (κ2) is 5.16. The predicted molar refractivity (Wildman–Crippen MR) is 77.2 cm³/mol. The van der Waals surface area contributed by atoms with Crippen LogP contribution in [0.4, 0.5) is 5.69 Å². The van der Waals surface area contributed by atoms with Crippen molar-refractivity contribution in [1.82, 2.24) is 5.32 Å². The van der Waals surface area contributed by atoms with E-state index in [4.69, 9.17) is 0 Å². The third-order valence-electron chi connectivity index (χ3n) is 3.23. The van der Waals surface area contributed by atoms with Crippen LogP contribution in [-0.4, -0.2) is 16.7 Å². The molecule has 0 fully saturated rings. The fraction of sp³-hybridized carbons (Fsp3) is 0.0667. The molecule has 1 N–H and O–H groups in total. The molecule has 0 aliphatic carbocycles. The summed E-state index contributed by atoms with van der Waals surface area (Å²) >= 11 is 0. The molecular formula is C15H11N3O3. The van der Waals surface area contributed by atoms with E-state index in [-0.39, 0.29) is 11.6 Å². The number of carbonyl (C=O) groups excluding carboxylic acids is 1. The van der Waals surface area contributed by atoms with Gasteiger partial charge in [-0.15, -0.1) is 0 Å². The van der Waals surface area contributed by atoms with Crippen molar-refractivity contribution >= 4 is 17.4 Å². The molecule has 1 aliphatic rings. The first-order chi connectivity index (χ1) is 10.1. The lowest BCUT2D eigenvalue weighted by atomic mass is 10.1. The van der Waals surface area contributed by atoms with Gasteiger partial charge in [-0.1, -0.05) is 18.2 Å². The summed E-state index contributed by atoms with van der Waals surface area (Å²) in [6, 6.07) is 13.3. The maximum absolute atomic E-state index is 12.1. The largest absolute Gasteiger partial charge is 0.306 e. The summed E-state index contributed by atoms with van der Waals surface area (Å²) < 4.78 is 0. The molecule has 2 aromatic rings. The quantitative estimate of drug-likeness (QED) is 0.677. The lowest BCUT2D eigenvalue weighted by molar-refractivity contribution is -0.384. The van der Waals surface area contributed by atoms with Crippen LogP contribution in [-0.2, 0) is 6.54 Å². The van der Waals surface area contributed by atoms with Crippen molar-refractivity contribution in [1.29, 1.82) is 0 Å². The molecule has 0 saturated carbocycles. The first-order valence-corrected chi connectivity index (χ1v) is 6.33. The van der Waals surface area contributed by atoms with Crippen molar-refractivity contribution in [3.05, 3.63) is 75.3 Å². The molecule has 2 aromatic carbocycles. The first kappa shape index (κ1) is 13.0. The highest BCUT2D eigenvalue weighted by Crippen LogP contribution is 2.23. The highest BCUT2D eigenvalue weighted by molar-refractivity contribution is 6.14. The normalized spacial score (nSPS) is 12.5. The Morgan fingerprint density at radius 1 is 1.19 bits per heavy atom. The van der Waals surface area contributed by atoms with E-state index in [1.807, 2.05) is 6.07 Å². The van der Waals surface area contributed by atoms with E-state index in [1.54, 1.807) is 30.3 Å². The summed E-state index contributed by atoms with van der Waals surface area (Å²) in [5.41, 5.74) is 1.97.